The molecule has 0 spiro atoms. The van der Waals surface area contributed by atoms with Crippen LogP contribution >= 0.6 is 341 Å². The van der Waals surface area contributed by atoms with Crippen LogP contribution in [0.5, 0.6) is 0 Å². The van der Waals surface area contributed by atoms with Gasteiger partial charge in [0.05, 0.1) is 0 Å². The Labute approximate surface area is 326 Å². The molecular weight excluding hydrogens is 3180 g/mol. The van der Waals surface area contributed by atoms with Crippen molar-refractivity contribution >= 4 is 341 Å². The maximum atomic E-state index is 3.24. The second kappa shape index (κ2) is 26.2. The molecule has 0 N–H and O–H groups in total. The molecule has 0 saturated heterocycles. The molecule has 0 atom stereocenters. The van der Waals surface area contributed by atoms with Crippen molar-refractivity contribution in [3.63, 3.8) is 0 Å². The third kappa shape index (κ3) is 18.6. The van der Waals surface area contributed by atoms with Crippen LogP contribution in [0.15, 0.2) is 0 Å². The second-order valence-electron chi connectivity index (χ2n) is 2.12. The fourth-order valence-corrected chi connectivity index (χ4v) is 4060. The first-order chi connectivity index (χ1) is 11.7. The van der Waals surface area contributed by atoms with Crippen LogP contribution in [-0.4, -0.2) is 4.93 Å². The van der Waals surface area contributed by atoms with Gasteiger partial charge in [0.25, 0.3) is 0 Å². The third-order valence-electron chi connectivity index (χ3n) is 0.965. The molecule has 0 aromatic rings. The quantitative estimate of drug-likeness (QED) is 0.143. The Morgan fingerprint density at radius 1 is 0.308 bits per heavy atom. The van der Waals surface area contributed by atoms with Crippen molar-refractivity contribution in [2.75, 3.05) is 4.93 Å². The summed E-state index contributed by atoms with van der Waals surface area (Å²) in [6, 6.07) is 0. The van der Waals surface area contributed by atoms with E-state index >= 15 is 0 Å². The van der Waals surface area contributed by atoms with Crippen molar-refractivity contribution in [2.24, 2.45) is 0 Å². The van der Waals surface area contributed by atoms with E-state index in [1.165, 1.54) is 0 Å². The first kappa shape index (κ1) is 44.3. The first-order valence-corrected chi connectivity index (χ1v) is 157. The number of hydrogen-bond acceptors (Lipinski definition) is 0. The maximum absolute atomic E-state index is 3.24. The Bertz CT molecular complexity index is 338. The molecule has 182 valence electrons. The van der Waals surface area contributed by atoms with Gasteiger partial charge >= 0.3 is 346 Å². The van der Waals surface area contributed by atoms with Crippen molar-refractivity contribution in [1.29, 1.82) is 0 Å². The fourth-order valence-electron chi connectivity index (χ4n) is 0.334. The van der Waals surface area contributed by atoms with Crippen LogP contribution in [0.1, 0.15) is 0 Å². The Kier molecular flexibility index (Phi) is 44.6. The van der Waals surface area contributed by atoms with Gasteiger partial charge in [-0.05, 0) is 0 Å². The molecule has 0 heterocycles. The van der Waals surface area contributed by atoms with Crippen LogP contribution in [0.3, 0.4) is 0 Å². The minimum atomic E-state index is -0.461. The molecule has 0 unspecified atom stereocenters. The Hall–Kier alpha value is 18.3. The molecule has 25 heteroatoms. The average Bonchev–Trinajstić information content (AvgIpc) is 2.61. The zero-order valence-corrected chi connectivity index (χ0v) is 64.4. The number of hydrogen-bond donors (Lipinski definition) is 0. The first-order valence-electron chi connectivity index (χ1n) is 3.81. The van der Waals surface area contributed by atoms with E-state index < -0.39 is 98.7 Å². The topological polar surface area (TPSA) is 0 Å². The van der Waals surface area contributed by atoms with Gasteiger partial charge in [-0.3, -0.25) is 0 Å². The average molecular weight is 3190 g/mol. The predicted octanol–water partition coefficient (Wildman–Crippen LogP) is 22.3. The molecule has 0 aliphatic carbocycles. The second-order valence-corrected chi connectivity index (χ2v) is 567. The van der Waals surface area contributed by atoms with Crippen molar-refractivity contribution in [3.05, 3.63) is 0 Å². The van der Waals surface area contributed by atoms with E-state index in [0.717, 1.165) is 0 Å². The molecule has 0 saturated carbocycles. The molecule has 0 rings (SSSR count). The van der Waals surface area contributed by atoms with Gasteiger partial charge in [-0.15, -0.1) is 0 Å². The summed E-state index contributed by atoms with van der Waals surface area (Å²) in [5.74, 6) is 0. The van der Waals surface area contributed by atoms with Gasteiger partial charge in [-0.2, -0.15) is 0 Å². The Balaban J connectivity index is 5.03. The van der Waals surface area contributed by atoms with Gasteiger partial charge in [-0.25, -0.2) is 0 Å². The van der Waals surface area contributed by atoms with E-state index in [1.54, 1.807) is 0 Å². The third-order valence-corrected chi connectivity index (χ3v) is 1770. The Morgan fingerprint density at radius 2 is 0.500 bits per heavy atom. The monoisotopic (exact) mass is 3190 g/mol. The van der Waals surface area contributed by atoms with E-state index in [-0.39, 0.29) is 0 Å². The zero-order valence-electron chi connectivity index (χ0n) is 10.4. The van der Waals surface area contributed by atoms with Gasteiger partial charge in [0.15, 0.2) is 0 Å². The molecule has 0 aliphatic heterocycles. The summed E-state index contributed by atoms with van der Waals surface area (Å²) < 4.78 is 0. The Morgan fingerprint density at radius 3 is 0.692 bits per heavy atom. The van der Waals surface area contributed by atoms with Gasteiger partial charge in [0.1, 0.15) is 0 Å². The fraction of sp³-hybridized carbons (Fsp3) is 1.00. The molecule has 0 fully saturated rings. The van der Waals surface area contributed by atoms with Gasteiger partial charge in [0.2, 0.25) is 0 Å². The van der Waals surface area contributed by atoms with Crippen molar-refractivity contribution in [3.8, 4) is 0 Å². The normalized spacial score (nSPS) is 18.2. The molecule has 0 aromatic heterocycles. The molecule has 0 aromatic carbocycles. The van der Waals surface area contributed by atoms with Gasteiger partial charge < -0.3 is 0 Å². The summed E-state index contributed by atoms with van der Waals surface area (Å²) in [7, 11) is -4.82. The summed E-state index contributed by atoms with van der Waals surface area (Å²) in [6.07, 6.45) is 0. The van der Waals surface area contributed by atoms with E-state index in [4.69, 9.17) is 0 Å². The minimum absolute atomic E-state index is 0.402. The van der Waals surface area contributed by atoms with E-state index in [2.05, 4.69) is 247 Å². The van der Waals surface area contributed by atoms with Crippen molar-refractivity contribution < 1.29 is 0 Å². The summed E-state index contributed by atoms with van der Waals surface area (Å²) in [4.78, 5) is 2.70. The van der Waals surface area contributed by atoms with Crippen LogP contribution < -0.4 is 0 Å². The summed E-state index contributed by atoms with van der Waals surface area (Å²) >= 11 is 40.2. The van der Waals surface area contributed by atoms with Crippen LogP contribution in [0, 0.1) is 0 Å². The number of rotatable bonds is 11. The summed E-state index contributed by atoms with van der Waals surface area (Å²) in [5.41, 5.74) is 0. The van der Waals surface area contributed by atoms with Crippen molar-refractivity contribution in [2.45, 2.75) is 0 Å². The molecule has 0 radical (unpaired) electrons. The van der Waals surface area contributed by atoms with Gasteiger partial charge in [0, 0.05) is 0 Å². The van der Waals surface area contributed by atoms with Crippen LogP contribution in [0.25, 0.3) is 0 Å². The standard InChI is InChI=1S/CH3I25/c1-15(2)17(5)19(7)21(9)23(11)25(13)26(14)24(12)22(10)20(8)18(6)16(3)4/h1H3. The zero-order chi connectivity index (χ0) is 20.9. The molecule has 0 bridgehead atoms. The van der Waals surface area contributed by atoms with Crippen molar-refractivity contribution in [1.82, 2.24) is 0 Å². The molecule has 0 amide bonds. The number of halogens is 25. The van der Waals surface area contributed by atoms with E-state index in [1.807, 2.05) is 0 Å². The van der Waals surface area contributed by atoms with Crippen LogP contribution in [-0.2, 0) is 0 Å². The van der Waals surface area contributed by atoms with E-state index in [9.17, 15) is 0 Å². The van der Waals surface area contributed by atoms with Crippen LogP contribution in [0.2, 0.25) is 0 Å². The molecular formula is CH3I25. The number of alkyl halides is 1. The van der Waals surface area contributed by atoms with E-state index in [0.29, 0.717) is 0 Å². The van der Waals surface area contributed by atoms with Gasteiger partial charge in [-0.1, -0.05) is 0 Å². The van der Waals surface area contributed by atoms with Crippen LogP contribution in [0.4, 0.5) is 0 Å². The SMILES string of the molecule is CI(I)I(I)I(I)I(I)I(I)I(I)I(I)I(I)I(I)I(I)I(I)I(I)I. The summed E-state index contributed by atoms with van der Waals surface area (Å²) in [6.45, 7) is 0. The molecule has 0 nitrogen and oxygen atoms in total. The molecule has 0 aliphatic rings. The predicted molar refractivity (Wildman–Crippen MR) is 356 cm³/mol. The summed E-state index contributed by atoms with van der Waals surface area (Å²) in [5, 5.41) is 0. The molecule has 26 heavy (non-hydrogen) atoms.